The predicted molar refractivity (Wildman–Crippen MR) is 100 cm³/mol. The van der Waals surface area contributed by atoms with Gasteiger partial charge in [0.2, 0.25) is 5.91 Å². The van der Waals surface area contributed by atoms with Crippen LogP contribution < -0.4 is 10.6 Å². The van der Waals surface area contributed by atoms with Gasteiger partial charge in [-0.25, -0.2) is 0 Å². The first-order chi connectivity index (χ1) is 11.4. The van der Waals surface area contributed by atoms with Gasteiger partial charge >= 0.3 is 0 Å². The molecule has 0 saturated carbocycles. The van der Waals surface area contributed by atoms with Crippen molar-refractivity contribution in [2.24, 2.45) is 5.92 Å². The highest BCUT2D eigenvalue weighted by Gasteiger charge is 2.22. The molecule has 0 spiro atoms. The molecule has 2 N–H and O–H groups in total. The van der Waals surface area contributed by atoms with Crippen LogP contribution in [0.3, 0.4) is 0 Å². The van der Waals surface area contributed by atoms with E-state index >= 15 is 0 Å². The Balaban J connectivity index is 2.39. The molecule has 0 aliphatic carbocycles. The first-order valence-electron chi connectivity index (χ1n) is 8.16. The summed E-state index contributed by atoms with van der Waals surface area (Å²) in [5.41, 5.74) is 2.35. The van der Waals surface area contributed by atoms with Crippen molar-refractivity contribution in [3.05, 3.63) is 41.3 Å². The first-order valence-corrected chi connectivity index (χ1v) is 9.04. The average Bonchev–Trinajstić information content (AvgIpc) is 2.90. The summed E-state index contributed by atoms with van der Waals surface area (Å²) in [5, 5.41) is 8.37. The summed E-state index contributed by atoms with van der Waals surface area (Å²) in [7, 11) is 0. The summed E-state index contributed by atoms with van der Waals surface area (Å²) >= 11 is 1.39. The Bertz CT molecular complexity index is 705. The molecule has 0 radical (unpaired) electrons. The van der Waals surface area contributed by atoms with Crippen LogP contribution >= 0.6 is 11.3 Å². The normalized spacial score (nSPS) is 10.9. The van der Waals surface area contributed by atoms with Gasteiger partial charge in [-0.05, 0) is 25.3 Å². The number of carbonyl (C=O) groups is 2. The van der Waals surface area contributed by atoms with Crippen LogP contribution in [0.4, 0.5) is 5.00 Å². The number of hydrogen-bond donors (Lipinski definition) is 2. The monoisotopic (exact) mass is 344 g/mol. The molecule has 2 amide bonds. The fraction of sp³-hybridized carbons (Fsp3) is 0.368. The molecule has 1 heterocycles. The van der Waals surface area contributed by atoms with Gasteiger partial charge in [0.1, 0.15) is 5.00 Å². The van der Waals surface area contributed by atoms with Gasteiger partial charge in [-0.3, -0.25) is 9.59 Å². The van der Waals surface area contributed by atoms with Gasteiger partial charge in [-0.1, -0.05) is 44.2 Å². The fourth-order valence-corrected chi connectivity index (χ4v) is 3.37. The van der Waals surface area contributed by atoms with Crippen molar-refractivity contribution in [1.29, 1.82) is 0 Å². The molecular formula is C19H24N2O2S. The minimum atomic E-state index is -0.162. The van der Waals surface area contributed by atoms with E-state index in [9.17, 15) is 9.59 Å². The molecule has 0 unspecified atom stereocenters. The number of anilines is 1. The minimum absolute atomic E-state index is 0.0280. The zero-order valence-electron chi connectivity index (χ0n) is 14.6. The first kappa shape index (κ1) is 18.2. The zero-order chi connectivity index (χ0) is 17.7. The Morgan fingerprint density at radius 1 is 1.08 bits per heavy atom. The lowest BCUT2D eigenvalue weighted by Crippen LogP contribution is -2.31. The van der Waals surface area contributed by atoms with E-state index in [1.807, 2.05) is 63.4 Å². The van der Waals surface area contributed by atoms with E-state index in [2.05, 4.69) is 10.6 Å². The van der Waals surface area contributed by atoms with E-state index in [0.29, 0.717) is 17.0 Å². The summed E-state index contributed by atoms with van der Waals surface area (Å²) in [5.74, 6) is 0.0431. The fourth-order valence-electron chi connectivity index (χ4n) is 2.39. The summed E-state index contributed by atoms with van der Waals surface area (Å²) in [4.78, 5) is 24.8. The Kier molecular flexibility index (Phi) is 6.15. The van der Waals surface area contributed by atoms with Crippen LogP contribution in [0, 0.1) is 5.92 Å². The maximum Gasteiger partial charge on any atom is 0.255 e. The molecule has 0 bridgehead atoms. The molecule has 128 valence electrons. The van der Waals surface area contributed by atoms with E-state index in [1.54, 1.807) is 0 Å². The topological polar surface area (TPSA) is 58.2 Å². The SMILES string of the molecule is CC(C)CC(=O)Nc1scc(-c2ccccc2)c1C(=O)NC(C)C. The highest BCUT2D eigenvalue weighted by Crippen LogP contribution is 2.35. The van der Waals surface area contributed by atoms with Crippen molar-refractivity contribution >= 4 is 28.2 Å². The van der Waals surface area contributed by atoms with Crippen molar-refractivity contribution in [1.82, 2.24) is 5.32 Å². The molecule has 0 fully saturated rings. The Morgan fingerprint density at radius 3 is 2.33 bits per heavy atom. The number of hydrogen-bond acceptors (Lipinski definition) is 3. The molecule has 0 saturated heterocycles. The predicted octanol–water partition coefficient (Wildman–Crippen LogP) is 4.54. The standard InChI is InChI=1S/C19H24N2O2S/c1-12(2)10-16(22)21-19-17(18(23)20-13(3)4)15(11-24-19)14-8-6-5-7-9-14/h5-9,11-13H,10H2,1-4H3,(H,20,23)(H,21,22). The highest BCUT2D eigenvalue weighted by molar-refractivity contribution is 7.15. The van der Waals surface area contributed by atoms with Gasteiger partial charge in [0, 0.05) is 23.4 Å². The molecule has 5 heteroatoms. The Morgan fingerprint density at radius 2 is 1.75 bits per heavy atom. The Hall–Kier alpha value is -2.14. The number of amides is 2. The van der Waals surface area contributed by atoms with Crippen molar-refractivity contribution in [2.75, 3.05) is 5.32 Å². The lowest BCUT2D eigenvalue weighted by atomic mass is 10.0. The summed E-state index contributed by atoms with van der Waals surface area (Å²) in [6, 6.07) is 9.78. The van der Waals surface area contributed by atoms with Gasteiger partial charge in [0.15, 0.2) is 0 Å². The maximum absolute atomic E-state index is 12.7. The minimum Gasteiger partial charge on any atom is -0.350 e. The lowest BCUT2D eigenvalue weighted by molar-refractivity contribution is -0.116. The molecule has 4 nitrogen and oxygen atoms in total. The second-order valence-corrected chi connectivity index (χ2v) is 7.37. The summed E-state index contributed by atoms with van der Waals surface area (Å²) in [6.45, 7) is 7.83. The zero-order valence-corrected chi connectivity index (χ0v) is 15.4. The number of benzene rings is 1. The molecule has 24 heavy (non-hydrogen) atoms. The van der Waals surface area contributed by atoms with Crippen LogP contribution in [0.25, 0.3) is 11.1 Å². The van der Waals surface area contributed by atoms with Crippen LogP contribution in [0.2, 0.25) is 0 Å². The number of rotatable bonds is 6. The number of thiophene rings is 1. The number of nitrogens with one attached hydrogen (secondary N) is 2. The van der Waals surface area contributed by atoms with Crippen molar-refractivity contribution in [3.63, 3.8) is 0 Å². The largest absolute Gasteiger partial charge is 0.350 e. The Labute approximate surface area is 147 Å². The van der Waals surface area contributed by atoms with Crippen LogP contribution in [0.5, 0.6) is 0 Å². The molecular weight excluding hydrogens is 320 g/mol. The molecule has 0 atom stereocenters. The van der Waals surface area contributed by atoms with Gasteiger partial charge in [0.25, 0.3) is 5.91 Å². The average molecular weight is 344 g/mol. The van der Waals surface area contributed by atoms with Gasteiger partial charge in [-0.2, -0.15) is 0 Å². The maximum atomic E-state index is 12.7. The van der Waals surface area contributed by atoms with Crippen molar-refractivity contribution < 1.29 is 9.59 Å². The third-order valence-corrected chi connectivity index (χ3v) is 4.26. The molecule has 2 rings (SSSR count). The van der Waals surface area contributed by atoms with E-state index in [0.717, 1.165) is 11.1 Å². The molecule has 2 aromatic rings. The van der Waals surface area contributed by atoms with Crippen LogP contribution in [-0.2, 0) is 4.79 Å². The van der Waals surface area contributed by atoms with E-state index < -0.39 is 0 Å². The van der Waals surface area contributed by atoms with Crippen molar-refractivity contribution in [3.8, 4) is 11.1 Å². The number of carbonyl (C=O) groups excluding carboxylic acids is 2. The van der Waals surface area contributed by atoms with E-state index in [1.165, 1.54) is 11.3 Å². The van der Waals surface area contributed by atoms with Crippen LogP contribution in [0.15, 0.2) is 35.7 Å². The van der Waals surface area contributed by atoms with E-state index in [4.69, 9.17) is 0 Å². The second kappa shape index (κ2) is 8.11. The molecule has 0 aliphatic rings. The van der Waals surface area contributed by atoms with Crippen LogP contribution in [-0.4, -0.2) is 17.9 Å². The summed E-state index contributed by atoms with van der Waals surface area (Å²) < 4.78 is 0. The molecule has 1 aromatic heterocycles. The lowest BCUT2D eigenvalue weighted by Gasteiger charge is -2.12. The molecule has 0 aliphatic heterocycles. The van der Waals surface area contributed by atoms with Gasteiger partial charge < -0.3 is 10.6 Å². The van der Waals surface area contributed by atoms with Gasteiger partial charge in [0.05, 0.1) is 5.56 Å². The highest BCUT2D eigenvalue weighted by atomic mass is 32.1. The van der Waals surface area contributed by atoms with E-state index in [-0.39, 0.29) is 23.8 Å². The second-order valence-electron chi connectivity index (χ2n) is 6.49. The smallest absolute Gasteiger partial charge is 0.255 e. The third-order valence-electron chi connectivity index (χ3n) is 3.37. The van der Waals surface area contributed by atoms with Gasteiger partial charge in [-0.15, -0.1) is 11.3 Å². The molecule has 1 aromatic carbocycles. The van der Waals surface area contributed by atoms with Crippen molar-refractivity contribution in [2.45, 2.75) is 40.2 Å². The third kappa shape index (κ3) is 4.68. The summed E-state index contributed by atoms with van der Waals surface area (Å²) in [6.07, 6.45) is 0.434. The quantitative estimate of drug-likeness (QED) is 0.808. The van der Waals surface area contributed by atoms with Crippen LogP contribution in [0.1, 0.15) is 44.5 Å².